The molecule has 1 amide bonds. The molecule has 2 aliphatic rings. The number of carbonyl (C=O) groups is 2. The second-order valence-electron chi connectivity index (χ2n) is 7.43. The lowest BCUT2D eigenvalue weighted by Crippen LogP contribution is -2.34. The van der Waals surface area contributed by atoms with E-state index in [-0.39, 0.29) is 19.1 Å². The Morgan fingerprint density at radius 2 is 2.00 bits per heavy atom. The zero-order chi connectivity index (χ0) is 24.1. The number of nitrogens with one attached hydrogen (secondary N) is 1. The Balaban J connectivity index is 1.58. The van der Waals surface area contributed by atoms with Crippen LogP contribution in [0.5, 0.6) is 11.5 Å². The fraction of sp³-hybridized carbons (Fsp3) is 0.240. The van der Waals surface area contributed by atoms with Crippen LogP contribution < -0.4 is 14.8 Å². The number of aliphatic imine (C=N–C) groups is 1. The molecule has 1 N–H and O–H groups in total. The van der Waals surface area contributed by atoms with Crippen LogP contribution in [0.3, 0.4) is 0 Å². The normalized spacial score (nSPS) is 16.6. The van der Waals surface area contributed by atoms with Crippen molar-refractivity contribution in [3.63, 3.8) is 0 Å². The van der Waals surface area contributed by atoms with E-state index in [0.717, 1.165) is 10.7 Å². The number of esters is 1. The fourth-order valence-corrected chi connectivity index (χ4v) is 4.55. The van der Waals surface area contributed by atoms with Gasteiger partial charge in [-0.15, -0.1) is 0 Å². The molecule has 0 saturated heterocycles. The van der Waals surface area contributed by atoms with Crippen LogP contribution in [0.25, 0.3) is 0 Å². The molecular formula is C25H25N3O5S. The van der Waals surface area contributed by atoms with Crippen molar-refractivity contribution in [2.24, 2.45) is 4.99 Å². The number of allylic oxidation sites excluding steroid dienone is 1. The molecule has 176 valence electrons. The van der Waals surface area contributed by atoms with Crippen LogP contribution in [0, 0.1) is 0 Å². The number of rotatable bonds is 8. The highest BCUT2D eigenvalue weighted by Crippen LogP contribution is 2.43. The summed E-state index contributed by atoms with van der Waals surface area (Å²) in [5.41, 5.74) is 2.38. The lowest BCUT2D eigenvalue weighted by molar-refractivity contribution is -0.139. The molecule has 4 rings (SSSR count). The van der Waals surface area contributed by atoms with Gasteiger partial charge in [-0.3, -0.25) is 4.79 Å². The molecule has 0 spiro atoms. The first-order valence-corrected chi connectivity index (χ1v) is 11.6. The Labute approximate surface area is 202 Å². The molecule has 34 heavy (non-hydrogen) atoms. The van der Waals surface area contributed by atoms with E-state index in [9.17, 15) is 9.59 Å². The van der Waals surface area contributed by atoms with Gasteiger partial charge in [0.1, 0.15) is 11.5 Å². The third kappa shape index (κ3) is 4.94. The van der Waals surface area contributed by atoms with Crippen molar-refractivity contribution in [2.45, 2.75) is 19.9 Å². The minimum Gasteiger partial charge on any atom is -0.497 e. The Kier molecular flexibility index (Phi) is 7.22. The Morgan fingerprint density at radius 3 is 2.79 bits per heavy atom. The summed E-state index contributed by atoms with van der Waals surface area (Å²) < 4.78 is 16.5. The standard InChI is InChI=1S/C25H25N3O5S/c1-4-32-24(30)22-16(2)26-25-28(12-13-34-25)23(22)19-10-5-6-11-20(19)33-15-21(29)27-17-8-7-9-18(14-17)31-3/h5-14,23H,4,15H2,1-3H3,(H,27,29). The molecule has 2 aromatic carbocycles. The summed E-state index contributed by atoms with van der Waals surface area (Å²) in [5, 5.41) is 5.48. The average molecular weight is 480 g/mol. The Morgan fingerprint density at radius 1 is 1.18 bits per heavy atom. The summed E-state index contributed by atoms with van der Waals surface area (Å²) in [5.74, 6) is 0.394. The second-order valence-corrected chi connectivity index (χ2v) is 8.31. The highest BCUT2D eigenvalue weighted by atomic mass is 32.2. The van der Waals surface area contributed by atoms with Gasteiger partial charge in [-0.05, 0) is 37.5 Å². The molecule has 1 unspecified atom stereocenters. The topological polar surface area (TPSA) is 89.5 Å². The van der Waals surface area contributed by atoms with E-state index in [0.29, 0.717) is 28.5 Å². The first-order valence-electron chi connectivity index (χ1n) is 10.8. The van der Waals surface area contributed by atoms with Gasteiger partial charge >= 0.3 is 5.97 Å². The number of carbonyl (C=O) groups excluding carboxylic acids is 2. The van der Waals surface area contributed by atoms with Crippen LogP contribution >= 0.6 is 11.8 Å². The highest BCUT2D eigenvalue weighted by Gasteiger charge is 2.38. The third-order valence-corrected chi connectivity index (χ3v) is 6.01. The van der Waals surface area contributed by atoms with Crippen LogP contribution in [0.1, 0.15) is 25.5 Å². The number of benzene rings is 2. The van der Waals surface area contributed by atoms with Crippen molar-refractivity contribution in [2.75, 3.05) is 25.6 Å². The van der Waals surface area contributed by atoms with Gasteiger partial charge in [0, 0.05) is 23.5 Å². The minimum absolute atomic E-state index is 0.204. The number of hydrogen-bond donors (Lipinski definition) is 1. The molecule has 0 aromatic heterocycles. The lowest BCUT2D eigenvalue weighted by atomic mass is 9.94. The van der Waals surface area contributed by atoms with Crippen molar-refractivity contribution < 1.29 is 23.8 Å². The molecule has 0 saturated carbocycles. The SMILES string of the molecule is CCOC(=O)C1=C(C)N=C2SC=CN2C1c1ccccc1OCC(=O)Nc1cccc(OC)c1. The molecule has 2 heterocycles. The summed E-state index contributed by atoms with van der Waals surface area (Å²) in [6.45, 7) is 3.62. The highest BCUT2D eigenvalue weighted by molar-refractivity contribution is 8.16. The second kappa shape index (κ2) is 10.5. The van der Waals surface area contributed by atoms with Crippen molar-refractivity contribution in [1.82, 2.24) is 4.90 Å². The van der Waals surface area contributed by atoms with Gasteiger partial charge in [0.25, 0.3) is 5.91 Å². The zero-order valence-electron chi connectivity index (χ0n) is 19.1. The van der Waals surface area contributed by atoms with E-state index >= 15 is 0 Å². The molecule has 0 radical (unpaired) electrons. The lowest BCUT2D eigenvalue weighted by Gasteiger charge is -2.34. The number of thioether (sulfide) groups is 1. The molecule has 0 fully saturated rings. The molecular weight excluding hydrogens is 454 g/mol. The summed E-state index contributed by atoms with van der Waals surface area (Å²) in [4.78, 5) is 31.9. The van der Waals surface area contributed by atoms with Crippen molar-refractivity contribution in [3.8, 4) is 11.5 Å². The summed E-state index contributed by atoms with van der Waals surface area (Å²) in [6.07, 6.45) is 1.88. The predicted molar refractivity (Wildman–Crippen MR) is 132 cm³/mol. The molecule has 2 aliphatic heterocycles. The van der Waals surface area contributed by atoms with E-state index in [2.05, 4.69) is 10.3 Å². The van der Waals surface area contributed by atoms with E-state index in [1.165, 1.54) is 11.8 Å². The Hall–Kier alpha value is -3.72. The molecule has 2 aromatic rings. The van der Waals surface area contributed by atoms with Gasteiger partial charge in [-0.2, -0.15) is 0 Å². The van der Waals surface area contributed by atoms with E-state index in [4.69, 9.17) is 14.2 Å². The average Bonchev–Trinajstić information content (AvgIpc) is 3.30. The van der Waals surface area contributed by atoms with Crippen molar-refractivity contribution in [1.29, 1.82) is 0 Å². The smallest absolute Gasteiger partial charge is 0.338 e. The fourth-order valence-electron chi connectivity index (χ4n) is 3.76. The van der Waals surface area contributed by atoms with Crippen LogP contribution in [-0.4, -0.2) is 42.3 Å². The maximum atomic E-state index is 12.9. The number of amidine groups is 1. The number of nitrogens with zero attached hydrogens (tertiary/aromatic N) is 2. The predicted octanol–water partition coefficient (Wildman–Crippen LogP) is 4.48. The van der Waals surface area contributed by atoms with Gasteiger partial charge in [-0.1, -0.05) is 36.0 Å². The van der Waals surface area contributed by atoms with Crippen LogP contribution in [-0.2, 0) is 14.3 Å². The number of para-hydroxylation sites is 1. The number of ether oxygens (including phenoxy) is 3. The quantitative estimate of drug-likeness (QED) is 0.559. The number of amides is 1. The van der Waals surface area contributed by atoms with Crippen molar-refractivity contribution in [3.05, 3.63) is 77.0 Å². The summed E-state index contributed by atoms with van der Waals surface area (Å²) in [7, 11) is 1.57. The van der Waals surface area contributed by atoms with Gasteiger partial charge in [0.15, 0.2) is 11.8 Å². The van der Waals surface area contributed by atoms with Gasteiger partial charge < -0.3 is 24.4 Å². The van der Waals surface area contributed by atoms with Gasteiger partial charge in [0.2, 0.25) is 0 Å². The first kappa shape index (κ1) is 23.4. The van der Waals surface area contributed by atoms with Gasteiger partial charge in [-0.25, -0.2) is 9.79 Å². The van der Waals surface area contributed by atoms with Crippen LogP contribution in [0.4, 0.5) is 5.69 Å². The van der Waals surface area contributed by atoms with E-state index in [1.807, 2.05) is 34.7 Å². The summed E-state index contributed by atoms with van der Waals surface area (Å²) >= 11 is 1.48. The molecule has 0 aliphatic carbocycles. The monoisotopic (exact) mass is 479 g/mol. The maximum Gasteiger partial charge on any atom is 0.338 e. The Bertz CT molecular complexity index is 1190. The van der Waals surface area contributed by atoms with Crippen LogP contribution in [0.15, 0.2) is 76.4 Å². The number of fused-ring (bicyclic) bond motifs is 1. The molecule has 1 atom stereocenters. The number of hydrogen-bond acceptors (Lipinski definition) is 8. The molecule has 8 nitrogen and oxygen atoms in total. The zero-order valence-corrected chi connectivity index (χ0v) is 19.9. The number of methoxy groups -OCH3 is 1. The van der Waals surface area contributed by atoms with Crippen LogP contribution in [0.2, 0.25) is 0 Å². The first-order chi connectivity index (χ1) is 16.5. The number of anilines is 1. The van der Waals surface area contributed by atoms with E-state index in [1.54, 1.807) is 51.3 Å². The molecule has 0 bridgehead atoms. The maximum absolute atomic E-state index is 12.9. The largest absolute Gasteiger partial charge is 0.497 e. The third-order valence-electron chi connectivity index (χ3n) is 5.24. The summed E-state index contributed by atoms with van der Waals surface area (Å²) in [6, 6.07) is 14.0. The van der Waals surface area contributed by atoms with E-state index < -0.39 is 12.0 Å². The van der Waals surface area contributed by atoms with Gasteiger partial charge in [0.05, 0.1) is 31.0 Å². The molecule has 9 heteroatoms. The minimum atomic E-state index is -0.490. The van der Waals surface area contributed by atoms with Crippen molar-refractivity contribution >= 4 is 34.5 Å².